The summed E-state index contributed by atoms with van der Waals surface area (Å²) < 4.78 is 22.7. The van der Waals surface area contributed by atoms with E-state index in [4.69, 9.17) is 18.9 Å². The van der Waals surface area contributed by atoms with Crippen LogP contribution >= 0.6 is 0 Å². The second-order valence-corrected chi connectivity index (χ2v) is 6.90. The van der Waals surface area contributed by atoms with Crippen LogP contribution in [0.1, 0.15) is 33.3 Å². The molecule has 33 heavy (non-hydrogen) atoms. The van der Waals surface area contributed by atoms with Gasteiger partial charge in [-0.1, -0.05) is 24.3 Å². The zero-order chi connectivity index (χ0) is 24.0. The van der Waals surface area contributed by atoms with Crippen LogP contribution in [0.3, 0.4) is 0 Å². The summed E-state index contributed by atoms with van der Waals surface area (Å²) in [5.74, 6) is -0.386. The minimum Gasteiger partial charge on any atom is -0.493 e. The first-order valence-corrected chi connectivity index (χ1v) is 10.3. The van der Waals surface area contributed by atoms with Gasteiger partial charge in [-0.3, -0.25) is 0 Å². The lowest BCUT2D eigenvalue weighted by Gasteiger charge is -2.15. The Labute approximate surface area is 192 Å². The molecule has 0 fully saturated rings. The molecule has 0 saturated carbocycles. The highest BCUT2D eigenvalue weighted by Crippen LogP contribution is 2.39. The maximum atomic E-state index is 12.9. The second-order valence-electron chi connectivity index (χ2n) is 6.90. The highest BCUT2D eigenvalue weighted by molar-refractivity contribution is 6.07. The average molecular weight is 450 g/mol. The third-order valence-electron chi connectivity index (χ3n) is 4.93. The summed E-state index contributed by atoms with van der Waals surface area (Å²) >= 11 is 0. The van der Waals surface area contributed by atoms with Crippen molar-refractivity contribution < 1.29 is 28.5 Å². The predicted molar refractivity (Wildman–Crippen MR) is 123 cm³/mol. The van der Waals surface area contributed by atoms with E-state index >= 15 is 0 Å². The number of rotatable bonds is 9. The van der Waals surface area contributed by atoms with Crippen LogP contribution in [0.5, 0.6) is 11.5 Å². The fraction of sp³-hybridized carbons (Fsp3) is 0.240. The summed E-state index contributed by atoms with van der Waals surface area (Å²) in [5, 5.41) is 4.63. The number of carbonyl (C=O) groups excluding carboxylic acids is 2. The molecule has 3 rings (SSSR count). The molecule has 0 atom stereocenters. The zero-order valence-corrected chi connectivity index (χ0v) is 19.1. The molecule has 0 bridgehead atoms. The Morgan fingerprint density at radius 3 is 2.33 bits per heavy atom. The molecule has 3 aromatic rings. The van der Waals surface area contributed by atoms with Crippen LogP contribution in [0.15, 0.2) is 55.1 Å². The molecule has 8 heteroatoms. The van der Waals surface area contributed by atoms with E-state index in [0.717, 1.165) is 5.56 Å². The van der Waals surface area contributed by atoms with Gasteiger partial charge in [0, 0.05) is 11.1 Å². The summed E-state index contributed by atoms with van der Waals surface area (Å²) in [7, 11) is 4.02. The summed E-state index contributed by atoms with van der Waals surface area (Å²) in [5.41, 5.74) is 2.13. The minimum absolute atomic E-state index is 0.0102. The standard InChI is InChI=1S/C25H26N2O6/c1-6-11-16-14-17(15-19(30-3)23(16)33-7-2)21-20(24(28)31-4)22(25(29)32-5)27(26-21)18-12-9-8-10-13-18/h6,8-10,12-15H,1,7,11H2,2-5H3. The Balaban J connectivity index is 2.38. The van der Waals surface area contributed by atoms with Crippen molar-refractivity contribution in [1.29, 1.82) is 0 Å². The lowest BCUT2D eigenvalue weighted by atomic mass is 10.00. The quantitative estimate of drug-likeness (QED) is 0.356. The van der Waals surface area contributed by atoms with E-state index in [2.05, 4.69) is 11.7 Å². The van der Waals surface area contributed by atoms with Crippen LogP contribution in [0.4, 0.5) is 0 Å². The number of aromatic nitrogens is 2. The number of nitrogens with zero attached hydrogens (tertiary/aromatic N) is 2. The molecule has 0 spiro atoms. The summed E-state index contributed by atoms with van der Waals surface area (Å²) in [6, 6.07) is 12.5. The first-order chi connectivity index (χ1) is 16.0. The molecular formula is C25H26N2O6. The van der Waals surface area contributed by atoms with Gasteiger partial charge < -0.3 is 18.9 Å². The van der Waals surface area contributed by atoms with Crippen LogP contribution in [0, 0.1) is 0 Å². The van der Waals surface area contributed by atoms with Gasteiger partial charge in [0.2, 0.25) is 0 Å². The Bertz CT molecular complexity index is 1170. The summed E-state index contributed by atoms with van der Waals surface area (Å²) in [6.45, 7) is 6.14. The largest absolute Gasteiger partial charge is 0.493 e. The van der Waals surface area contributed by atoms with Crippen molar-refractivity contribution in [3.05, 3.63) is 71.9 Å². The smallest absolute Gasteiger partial charge is 0.357 e. The molecule has 0 aliphatic rings. The predicted octanol–water partition coefficient (Wildman–Crippen LogP) is 4.25. The highest BCUT2D eigenvalue weighted by atomic mass is 16.5. The van der Waals surface area contributed by atoms with E-state index in [-0.39, 0.29) is 17.0 Å². The van der Waals surface area contributed by atoms with E-state index in [9.17, 15) is 9.59 Å². The third-order valence-corrected chi connectivity index (χ3v) is 4.93. The minimum atomic E-state index is -0.720. The summed E-state index contributed by atoms with van der Waals surface area (Å²) in [6.07, 6.45) is 2.24. The van der Waals surface area contributed by atoms with Gasteiger partial charge in [0.25, 0.3) is 0 Å². The van der Waals surface area contributed by atoms with Crippen molar-refractivity contribution >= 4 is 11.9 Å². The van der Waals surface area contributed by atoms with Gasteiger partial charge in [0.1, 0.15) is 11.3 Å². The number of benzene rings is 2. The Morgan fingerprint density at radius 1 is 1.06 bits per heavy atom. The number of methoxy groups -OCH3 is 3. The molecule has 0 aliphatic carbocycles. The molecule has 0 amide bonds. The number of ether oxygens (including phenoxy) is 4. The third kappa shape index (κ3) is 4.59. The zero-order valence-electron chi connectivity index (χ0n) is 19.1. The van der Waals surface area contributed by atoms with Crippen LogP contribution in [0.2, 0.25) is 0 Å². The van der Waals surface area contributed by atoms with Crippen molar-refractivity contribution in [2.45, 2.75) is 13.3 Å². The molecule has 1 aromatic heterocycles. The number of carbonyl (C=O) groups is 2. The van der Waals surface area contributed by atoms with Gasteiger partial charge in [-0.2, -0.15) is 5.10 Å². The molecule has 0 saturated heterocycles. The van der Waals surface area contributed by atoms with E-state index in [0.29, 0.717) is 35.8 Å². The fourth-order valence-corrected chi connectivity index (χ4v) is 3.52. The maximum Gasteiger partial charge on any atom is 0.357 e. The average Bonchev–Trinajstić information content (AvgIpc) is 3.25. The number of esters is 2. The van der Waals surface area contributed by atoms with Crippen molar-refractivity contribution in [3.63, 3.8) is 0 Å². The summed E-state index contributed by atoms with van der Waals surface area (Å²) in [4.78, 5) is 25.6. The lowest BCUT2D eigenvalue weighted by molar-refractivity contribution is 0.0549. The second kappa shape index (κ2) is 10.5. The molecule has 1 heterocycles. The molecule has 0 N–H and O–H groups in total. The molecule has 2 aromatic carbocycles. The molecule has 0 unspecified atom stereocenters. The van der Waals surface area contributed by atoms with Crippen LogP contribution in [0.25, 0.3) is 16.9 Å². The Morgan fingerprint density at radius 2 is 1.76 bits per heavy atom. The SMILES string of the molecule is C=CCc1cc(-c2nn(-c3ccccc3)c(C(=O)OC)c2C(=O)OC)cc(OC)c1OCC. The van der Waals surface area contributed by atoms with E-state index in [1.165, 1.54) is 26.0 Å². The number of hydrogen-bond donors (Lipinski definition) is 0. The maximum absolute atomic E-state index is 12.9. The first kappa shape index (κ1) is 23.6. The monoisotopic (exact) mass is 450 g/mol. The lowest BCUT2D eigenvalue weighted by Crippen LogP contribution is -2.15. The van der Waals surface area contributed by atoms with Gasteiger partial charge in [-0.05, 0) is 37.6 Å². The first-order valence-electron chi connectivity index (χ1n) is 10.3. The number of allylic oxidation sites excluding steroid dienone is 1. The highest BCUT2D eigenvalue weighted by Gasteiger charge is 2.32. The van der Waals surface area contributed by atoms with E-state index in [1.54, 1.807) is 36.4 Å². The van der Waals surface area contributed by atoms with Gasteiger partial charge >= 0.3 is 11.9 Å². The van der Waals surface area contributed by atoms with Gasteiger partial charge in [0.05, 0.1) is 33.6 Å². The molecular weight excluding hydrogens is 424 g/mol. The number of hydrogen-bond acceptors (Lipinski definition) is 7. The van der Waals surface area contributed by atoms with Crippen molar-refractivity contribution in [2.24, 2.45) is 0 Å². The van der Waals surface area contributed by atoms with E-state index < -0.39 is 11.9 Å². The van der Waals surface area contributed by atoms with Crippen molar-refractivity contribution in [2.75, 3.05) is 27.9 Å². The molecule has 8 nitrogen and oxygen atoms in total. The van der Waals surface area contributed by atoms with Crippen molar-refractivity contribution in [1.82, 2.24) is 9.78 Å². The molecule has 172 valence electrons. The van der Waals surface area contributed by atoms with Crippen LogP contribution in [-0.2, 0) is 15.9 Å². The van der Waals surface area contributed by atoms with Gasteiger partial charge in [0.15, 0.2) is 17.2 Å². The van der Waals surface area contributed by atoms with Gasteiger partial charge in [-0.15, -0.1) is 6.58 Å². The topological polar surface area (TPSA) is 88.9 Å². The van der Waals surface area contributed by atoms with Crippen LogP contribution < -0.4 is 9.47 Å². The Kier molecular flexibility index (Phi) is 7.50. The van der Waals surface area contributed by atoms with E-state index in [1.807, 2.05) is 19.1 Å². The van der Waals surface area contributed by atoms with Crippen LogP contribution in [-0.4, -0.2) is 49.7 Å². The molecule has 0 radical (unpaired) electrons. The molecule has 0 aliphatic heterocycles. The Hall–Kier alpha value is -4.07. The van der Waals surface area contributed by atoms with Gasteiger partial charge in [-0.25, -0.2) is 14.3 Å². The fourth-order valence-electron chi connectivity index (χ4n) is 3.52. The van der Waals surface area contributed by atoms with Crippen molar-refractivity contribution in [3.8, 4) is 28.4 Å². The number of para-hydroxylation sites is 1. The normalized spacial score (nSPS) is 10.4.